The van der Waals surface area contributed by atoms with Gasteiger partial charge in [-0.25, -0.2) is 4.98 Å². The van der Waals surface area contributed by atoms with Gasteiger partial charge in [0.15, 0.2) is 5.84 Å². The Bertz CT molecular complexity index is 1500. The first kappa shape index (κ1) is 33.6. The molecule has 5 heterocycles. The van der Waals surface area contributed by atoms with E-state index in [0.29, 0.717) is 34.0 Å². The van der Waals surface area contributed by atoms with E-state index in [0.717, 1.165) is 114 Å². The molecule has 2 aromatic heterocycles. The van der Waals surface area contributed by atoms with Gasteiger partial charge in [-0.3, -0.25) is 10.2 Å². The summed E-state index contributed by atoms with van der Waals surface area (Å²) in [5, 5.41) is 26.0. The summed E-state index contributed by atoms with van der Waals surface area (Å²) >= 11 is 1.40. The van der Waals surface area contributed by atoms with Crippen LogP contribution in [0.3, 0.4) is 0 Å². The van der Waals surface area contributed by atoms with E-state index in [1.807, 2.05) is 13.0 Å². The summed E-state index contributed by atoms with van der Waals surface area (Å²) in [5.41, 5.74) is 7.13. The normalized spacial score (nSPS) is 24.5. The second kappa shape index (κ2) is 14.0. The molecule has 3 saturated heterocycles. The van der Waals surface area contributed by atoms with Gasteiger partial charge in [-0.05, 0) is 83.7 Å². The van der Waals surface area contributed by atoms with Crippen molar-refractivity contribution in [1.29, 1.82) is 10.7 Å². The zero-order chi connectivity index (χ0) is 33.2. The maximum Gasteiger partial charge on any atom is 0.236 e. The number of hydrogen-bond donors (Lipinski definition) is 4. The number of amidine groups is 1. The van der Waals surface area contributed by atoms with Crippen LogP contribution >= 0.6 is 11.3 Å². The number of fused-ring (bicyclic) bond motifs is 1. The Morgan fingerprint density at radius 3 is 2.77 bits per heavy atom. The van der Waals surface area contributed by atoms with Gasteiger partial charge in [0.25, 0.3) is 0 Å². The Morgan fingerprint density at radius 2 is 2.04 bits per heavy atom. The molecule has 3 fully saturated rings. The fourth-order valence-electron chi connectivity index (χ4n) is 8.09. The number of aromatic nitrogens is 2. The second-order valence-electron chi connectivity index (χ2n) is 14.1. The molecule has 3 aliphatic heterocycles. The minimum atomic E-state index is -0.958. The highest BCUT2D eigenvalue weighted by molar-refractivity contribution is 7.16. The Morgan fingerprint density at radius 1 is 1.23 bits per heavy atom. The third-order valence-electron chi connectivity index (χ3n) is 10.9. The first-order valence-electron chi connectivity index (χ1n) is 17.2. The van der Waals surface area contributed by atoms with Crippen molar-refractivity contribution < 1.29 is 9.53 Å². The van der Waals surface area contributed by atoms with Crippen LogP contribution in [-0.2, 0) is 21.4 Å². The Balaban J connectivity index is 1.27. The molecule has 6 rings (SSSR count). The first-order chi connectivity index (χ1) is 22.7. The number of hydrogen-bond acceptors (Lipinski definition) is 12. The minimum Gasteiger partial charge on any atom is -0.389 e. The lowest BCUT2D eigenvalue weighted by Crippen LogP contribution is -2.47. The van der Waals surface area contributed by atoms with Crippen molar-refractivity contribution in [2.24, 2.45) is 5.41 Å². The van der Waals surface area contributed by atoms with Gasteiger partial charge in [0, 0.05) is 75.5 Å². The summed E-state index contributed by atoms with van der Waals surface area (Å²) in [6.45, 7) is 12.5. The average molecular weight is 663 g/mol. The summed E-state index contributed by atoms with van der Waals surface area (Å²) in [4.78, 5) is 32.2. The van der Waals surface area contributed by atoms with Crippen molar-refractivity contribution in [3.8, 4) is 6.07 Å². The lowest BCUT2D eigenvalue weighted by atomic mass is 9.72. The van der Waals surface area contributed by atoms with Gasteiger partial charge >= 0.3 is 0 Å². The van der Waals surface area contributed by atoms with Gasteiger partial charge < -0.3 is 35.8 Å². The third-order valence-corrected chi connectivity index (χ3v) is 12.0. The van der Waals surface area contributed by atoms with Gasteiger partial charge in [-0.1, -0.05) is 0 Å². The molecule has 4 aliphatic rings. The summed E-state index contributed by atoms with van der Waals surface area (Å²) in [5.74, 6) is 1.06. The van der Waals surface area contributed by atoms with Crippen molar-refractivity contribution in [2.45, 2.75) is 76.7 Å². The Kier molecular flexibility index (Phi) is 10.0. The zero-order valence-electron chi connectivity index (χ0n) is 28.2. The number of anilines is 3. The molecule has 1 spiro atoms. The molecule has 1 aliphatic carbocycles. The quantitative estimate of drug-likeness (QED) is 0.188. The van der Waals surface area contributed by atoms with Crippen LogP contribution in [0, 0.1) is 22.2 Å². The number of aryl methyl sites for hydroxylation is 1. The monoisotopic (exact) mass is 662 g/mol. The number of methoxy groups -OCH3 is 1. The number of nitrogens with one attached hydrogen (secondary N) is 3. The van der Waals surface area contributed by atoms with Crippen LogP contribution in [0.4, 0.5) is 16.8 Å². The minimum absolute atomic E-state index is 0.0490. The van der Waals surface area contributed by atoms with Crippen LogP contribution in [0.5, 0.6) is 0 Å². The molecule has 1 amide bonds. The highest BCUT2D eigenvalue weighted by Gasteiger charge is 2.44. The van der Waals surface area contributed by atoms with Gasteiger partial charge in [0.1, 0.15) is 22.6 Å². The molecule has 0 saturated carbocycles. The molecule has 12 nitrogen and oxygen atoms in total. The van der Waals surface area contributed by atoms with E-state index in [1.165, 1.54) is 17.8 Å². The predicted molar refractivity (Wildman–Crippen MR) is 186 cm³/mol. The van der Waals surface area contributed by atoms with Crippen LogP contribution in [0.15, 0.2) is 6.07 Å². The van der Waals surface area contributed by atoms with E-state index in [2.05, 4.69) is 38.3 Å². The Labute approximate surface area is 282 Å². The van der Waals surface area contributed by atoms with Crippen LogP contribution < -0.4 is 26.2 Å². The Hall–Kier alpha value is -3.31. The van der Waals surface area contributed by atoms with Crippen molar-refractivity contribution in [3.63, 3.8) is 0 Å². The molecular formula is C34H50N10O2S. The molecule has 0 bridgehead atoms. The molecule has 0 aromatic carbocycles. The van der Waals surface area contributed by atoms with Crippen molar-refractivity contribution >= 4 is 39.8 Å². The van der Waals surface area contributed by atoms with Crippen LogP contribution in [-0.4, -0.2) is 98.7 Å². The lowest BCUT2D eigenvalue weighted by Gasteiger charge is -2.40. The maximum atomic E-state index is 14.0. The largest absolute Gasteiger partial charge is 0.389 e. The zero-order valence-corrected chi connectivity index (χ0v) is 29.0. The van der Waals surface area contributed by atoms with Crippen molar-refractivity contribution in [1.82, 2.24) is 25.5 Å². The van der Waals surface area contributed by atoms with E-state index in [9.17, 15) is 10.1 Å². The van der Waals surface area contributed by atoms with Gasteiger partial charge in [0.2, 0.25) is 11.9 Å². The number of amides is 1. The number of carbonyl (C=O) groups is 1. The third kappa shape index (κ3) is 6.84. The number of ether oxygens (including phenoxy) is 1. The maximum absolute atomic E-state index is 14.0. The number of thiophene rings is 1. The topological polar surface area (TPSA) is 160 Å². The van der Waals surface area contributed by atoms with Gasteiger partial charge in [-0.15, -0.1) is 11.3 Å². The molecule has 5 N–H and O–H groups in total. The summed E-state index contributed by atoms with van der Waals surface area (Å²) in [6.07, 6.45) is 7.61. The van der Waals surface area contributed by atoms with Gasteiger partial charge in [-0.2, -0.15) is 10.2 Å². The number of carbonyl (C=O) groups excluding carboxylic acids is 1. The standard InChI is InChI=1S/C34H50N10O2S/c1-23-21-42(14-6-18-46-3)13-5-15-44(23)32-39-25(19-27(40-32)43-16-10-34(11-17-43)9-12-38-22-34)29(36)41-31(45)33(2)8-4-7-26-28(33)24(20-35)30(37)47-26/h19,23,38H,4-18,21-22,37H2,1-3H3,(H2,36,41,45)/t23-,33-/m0/s1. The SMILES string of the molecule is COCCCN1CCCN(c2nc(C(=N)NC(=O)[C@@]3(C)CCCc4sc(N)c(C#N)c43)cc(N3CCC4(CCNC4)CC3)n2)[C@@H](C)C1. The van der Waals surface area contributed by atoms with Gasteiger partial charge in [0.05, 0.1) is 11.0 Å². The number of nitrogens with zero attached hydrogens (tertiary/aromatic N) is 6. The summed E-state index contributed by atoms with van der Waals surface area (Å²) in [6, 6.07) is 4.28. The summed E-state index contributed by atoms with van der Waals surface area (Å²) in [7, 11) is 1.75. The van der Waals surface area contributed by atoms with E-state index < -0.39 is 5.41 Å². The number of nitriles is 1. The second-order valence-corrected chi connectivity index (χ2v) is 15.3. The van der Waals surface area contributed by atoms with Crippen LogP contribution in [0.25, 0.3) is 0 Å². The van der Waals surface area contributed by atoms with E-state index in [4.69, 9.17) is 25.8 Å². The first-order valence-corrected chi connectivity index (χ1v) is 18.0. The van der Waals surface area contributed by atoms with Crippen LogP contribution in [0.2, 0.25) is 0 Å². The molecule has 0 unspecified atom stereocenters. The molecule has 0 radical (unpaired) electrons. The van der Waals surface area contributed by atoms with E-state index in [-0.39, 0.29) is 17.8 Å². The highest BCUT2D eigenvalue weighted by Crippen LogP contribution is 2.46. The lowest BCUT2D eigenvalue weighted by molar-refractivity contribution is -0.125. The predicted octanol–water partition coefficient (Wildman–Crippen LogP) is 3.24. The molecule has 254 valence electrons. The molecule has 13 heteroatoms. The van der Waals surface area contributed by atoms with Crippen molar-refractivity contribution in [2.75, 3.05) is 81.6 Å². The molecule has 47 heavy (non-hydrogen) atoms. The average Bonchev–Trinajstić information content (AvgIpc) is 3.60. The molecule has 2 aromatic rings. The fourth-order valence-corrected chi connectivity index (χ4v) is 9.28. The number of piperidine rings is 1. The number of nitrogen functional groups attached to an aromatic ring is 1. The molecular weight excluding hydrogens is 613 g/mol. The summed E-state index contributed by atoms with van der Waals surface area (Å²) < 4.78 is 5.29. The number of nitrogens with two attached hydrogens (primary N) is 1. The molecule has 2 atom stereocenters. The van der Waals surface area contributed by atoms with E-state index in [1.54, 1.807) is 7.11 Å². The smallest absolute Gasteiger partial charge is 0.236 e. The highest BCUT2D eigenvalue weighted by atomic mass is 32.1. The van der Waals surface area contributed by atoms with Crippen LogP contribution in [0.1, 0.15) is 80.5 Å². The number of rotatable bonds is 8. The van der Waals surface area contributed by atoms with Crippen molar-refractivity contribution in [3.05, 3.63) is 27.8 Å². The fraction of sp³-hybridized carbons (Fsp3) is 0.676. The van der Waals surface area contributed by atoms with E-state index >= 15 is 0 Å².